The lowest BCUT2D eigenvalue weighted by Gasteiger charge is -2.20. The van der Waals surface area contributed by atoms with E-state index in [0.29, 0.717) is 30.8 Å². The lowest BCUT2D eigenvalue weighted by molar-refractivity contribution is -0.118. The number of carbonyl (C=O) groups is 2. The topological polar surface area (TPSA) is 105 Å². The lowest BCUT2D eigenvalue weighted by Crippen LogP contribution is -2.45. The van der Waals surface area contributed by atoms with Gasteiger partial charge in [-0.15, -0.1) is 0 Å². The van der Waals surface area contributed by atoms with Crippen molar-refractivity contribution in [2.24, 2.45) is 0 Å². The van der Waals surface area contributed by atoms with Crippen molar-refractivity contribution in [2.45, 2.75) is 44.0 Å². The average molecular weight is 522 g/mol. The summed E-state index contributed by atoms with van der Waals surface area (Å²) in [6, 6.07) is 18.3. The largest absolute Gasteiger partial charge is 0.495 e. The third kappa shape index (κ3) is 6.00. The van der Waals surface area contributed by atoms with Crippen LogP contribution in [-0.2, 0) is 32.5 Å². The van der Waals surface area contributed by atoms with Crippen molar-refractivity contribution in [2.75, 3.05) is 23.9 Å². The Kier molecular flexibility index (Phi) is 7.94. The molecule has 2 amide bonds. The number of benzene rings is 3. The first-order valence-corrected chi connectivity index (χ1v) is 13.6. The fourth-order valence-corrected chi connectivity index (χ4v) is 5.67. The number of hydrogen-bond donors (Lipinski definition) is 2. The van der Waals surface area contributed by atoms with E-state index in [4.69, 9.17) is 4.74 Å². The first kappa shape index (κ1) is 26.4. The highest BCUT2D eigenvalue weighted by Gasteiger charge is 2.29. The number of aryl methyl sites for hydroxylation is 1. The maximum Gasteiger partial charge on any atom is 0.243 e. The molecule has 0 aromatic heterocycles. The van der Waals surface area contributed by atoms with Crippen molar-refractivity contribution in [3.8, 4) is 5.75 Å². The van der Waals surface area contributed by atoms with Gasteiger partial charge in [0.05, 0.1) is 17.7 Å². The highest BCUT2D eigenvalue weighted by molar-refractivity contribution is 7.89. The molecule has 1 heterocycles. The molecule has 0 aliphatic carbocycles. The van der Waals surface area contributed by atoms with E-state index in [1.54, 1.807) is 36.1 Å². The zero-order chi connectivity index (χ0) is 26.6. The molecule has 8 nitrogen and oxygen atoms in total. The number of sulfonamides is 1. The van der Waals surface area contributed by atoms with Crippen LogP contribution in [0.3, 0.4) is 0 Å². The Bertz CT molecular complexity index is 1410. The van der Waals surface area contributed by atoms with Gasteiger partial charge >= 0.3 is 0 Å². The molecule has 4 rings (SSSR count). The van der Waals surface area contributed by atoms with E-state index in [1.807, 2.05) is 43.3 Å². The van der Waals surface area contributed by atoms with Crippen molar-refractivity contribution in [3.05, 3.63) is 83.4 Å². The van der Waals surface area contributed by atoms with Crippen LogP contribution in [0, 0.1) is 6.92 Å². The predicted molar refractivity (Wildman–Crippen MR) is 143 cm³/mol. The Hall–Kier alpha value is -3.69. The number of nitrogens with one attached hydrogen (secondary N) is 2. The first-order chi connectivity index (χ1) is 17.7. The normalized spacial score (nSPS) is 13.6. The van der Waals surface area contributed by atoms with Gasteiger partial charge in [-0.1, -0.05) is 43.3 Å². The molecule has 1 atom stereocenters. The summed E-state index contributed by atoms with van der Waals surface area (Å²) in [5, 5.41) is 2.83. The quantitative estimate of drug-likeness (QED) is 0.445. The summed E-state index contributed by atoms with van der Waals surface area (Å²) in [7, 11) is -2.54. The van der Waals surface area contributed by atoms with E-state index in [1.165, 1.54) is 13.2 Å². The number of rotatable bonds is 9. The monoisotopic (exact) mass is 521 g/mol. The number of anilines is 2. The average Bonchev–Trinajstić information content (AvgIpc) is 3.32. The Morgan fingerprint density at radius 1 is 1.05 bits per heavy atom. The summed E-state index contributed by atoms with van der Waals surface area (Å²) >= 11 is 0. The maximum atomic E-state index is 13.4. The van der Waals surface area contributed by atoms with Crippen LogP contribution in [0.5, 0.6) is 5.75 Å². The molecule has 3 aromatic rings. The van der Waals surface area contributed by atoms with Crippen molar-refractivity contribution >= 4 is 33.2 Å². The minimum atomic E-state index is -4.05. The number of hydrogen-bond acceptors (Lipinski definition) is 5. The van der Waals surface area contributed by atoms with Gasteiger partial charge in [-0.05, 0) is 66.8 Å². The van der Waals surface area contributed by atoms with Gasteiger partial charge in [0.1, 0.15) is 11.8 Å². The van der Waals surface area contributed by atoms with Crippen molar-refractivity contribution in [1.82, 2.24) is 4.72 Å². The van der Waals surface area contributed by atoms with Gasteiger partial charge in [-0.25, -0.2) is 8.42 Å². The van der Waals surface area contributed by atoms with Gasteiger partial charge in [0.2, 0.25) is 21.8 Å². The lowest BCUT2D eigenvalue weighted by atomic mass is 10.1. The van der Waals surface area contributed by atoms with Gasteiger partial charge in [-0.2, -0.15) is 4.72 Å². The van der Waals surface area contributed by atoms with Gasteiger partial charge < -0.3 is 15.0 Å². The molecule has 0 saturated heterocycles. The maximum absolute atomic E-state index is 13.4. The van der Waals surface area contributed by atoms with Crippen LogP contribution in [0.2, 0.25) is 0 Å². The number of methoxy groups -OCH3 is 1. The highest BCUT2D eigenvalue weighted by Crippen LogP contribution is 2.31. The molecule has 9 heteroatoms. The number of carbonyl (C=O) groups excluding carboxylic acids is 2. The van der Waals surface area contributed by atoms with E-state index in [2.05, 4.69) is 10.0 Å². The van der Waals surface area contributed by atoms with E-state index >= 15 is 0 Å². The number of ether oxygens (including phenoxy) is 1. The molecule has 0 spiro atoms. The summed E-state index contributed by atoms with van der Waals surface area (Å²) in [5.41, 5.74) is 3.71. The van der Waals surface area contributed by atoms with Crippen LogP contribution in [-0.4, -0.2) is 39.9 Å². The number of amides is 2. The van der Waals surface area contributed by atoms with Crippen LogP contribution in [0.4, 0.5) is 11.4 Å². The zero-order valence-electron chi connectivity index (χ0n) is 21.2. The number of nitrogens with zero attached hydrogens (tertiary/aromatic N) is 1. The SMILES string of the molecule is CCC(=O)N1CCc2cc(S(=O)(=O)N[C@@H](Cc3ccccc3)C(=O)Nc3cc(C)ccc3OC)ccc21. The van der Waals surface area contributed by atoms with Crippen molar-refractivity contribution < 1.29 is 22.7 Å². The van der Waals surface area contributed by atoms with Crippen LogP contribution in [0.25, 0.3) is 0 Å². The molecule has 1 aliphatic heterocycles. The van der Waals surface area contributed by atoms with E-state index < -0.39 is 22.0 Å². The molecule has 1 aliphatic rings. The summed E-state index contributed by atoms with van der Waals surface area (Å²) in [4.78, 5) is 27.3. The minimum Gasteiger partial charge on any atom is -0.495 e. The van der Waals surface area contributed by atoms with Gasteiger partial charge in [0.15, 0.2) is 0 Å². The highest BCUT2D eigenvalue weighted by atomic mass is 32.2. The second-order valence-corrected chi connectivity index (χ2v) is 10.7. The van der Waals surface area contributed by atoms with Crippen LogP contribution in [0.1, 0.15) is 30.0 Å². The Morgan fingerprint density at radius 2 is 1.81 bits per heavy atom. The first-order valence-electron chi connectivity index (χ1n) is 12.2. The van der Waals surface area contributed by atoms with E-state index in [0.717, 1.165) is 22.4 Å². The fourth-order valence-electron chi connectivity index (χ4n) is 4.43. The molecular weight excluding hydrogens is 490 g/mol. The molecular formula is C28H31N3O5S. The van der Waals surface area contributed by atoms with Gasteiger partial charge in [0, 0.05) is 18.7 Å². The third-order valence-corrected chi connectivity index (χ3v) is 7.84. The van der Waals surface area contributed by atoms with Crippen LogP contribution >= 0.6 is 0 Å². The minimum absolute atomic E-state index is 0.00125. The standard InChI is InChI=1S/C28H31N3O5S/c1-4-27(32)31-15-14-21-18-22(11-12-25(21)31)37(34,35)30-24(17-20-8-6-5-7-9-20)28(33)29-23-16-19(2)10-13-26(23)36-3/h5-13,16,18,24,30H,4,14-15,17H2,1-3H3,(H,29,33)/t24-/m0/s1. The summed E-state index contributed by atoms with van der Waals surface area (Å²) in [6.07, 6.45) is 1.11. The predicted octanol–water partition coefficient (Wildman–Crippen LogP) is 3.83. The van der Waals surface area contributed by atoms with Crippen LogP contribution < -0.4 is 19.7 Å². The van der Waals surface area contributed by atoms with E-state index in [-0.39, 0.29) is 17.2 Å². The second kappa shape index (κ2) is 11.1. The smallest absolute Gasteiger partial charge is 0.243 e. The summed E-state index contributed by atoms with van der Waals surface area (Å²) in [5.74, 6) is -0.0269. The number of fused-ring (bicyclic) bond motifs is 1. The third-order valence-electron chi connectivity index (χ3n) is 6.37. The van der Waals surface area contributed by atoms with E-state index in [9.17, 15) is 18.0 Å². The molecule has 2 N–H and O–H groups in total. The Morgan fingerprint density at radius 3 is 2.51 bits per heavy atom. The van der Waals surface area contributed by atoms with Crippen molar-refractivity contribution in [1.29, 1.82) is 0 Å². The molecule has 3 aromatic carbocycles. The summed E-state index contributed by atoms with van der Waals surface area (Å²) in [6.45, 7) is 4.21. The molecule has 194 valence electrons. The zero-order valence-corrected chi connectivity index (χ0v) is 22.0. The van der Waals surface area contributed by atoms with Crippen molar-refractivity contribution in [3.63, 3.8) is 0 Å². The molecule has 0 unspecified atom stereocenters. The fraction of sp³-hybridized carbons (Fsp3) is 0.286. The molecule has 0 bridgehead atoms. The molecule has 0 radical (unpaired) electrons. The summed E-state index contributed by atoms with van der Waals surface area (Å²) < 4.78 is 34.9. The molecule has 37 heavy (non-hydrogen) atoms. The molecule has 0 saturated carbocycles. The second-order valence-electron chi connectivity index (χ2n) is 9.00. The molecule has 0 fully saturated rings. The van der Waals surface area contributed by atoms with Crippen LogP contribution in [0.15, 0.2) is 71.6 Å². The Labute approximate surface area is 217 Å². The van der Waals surface area contributed by atoms with Gasteiger partial charge in [-0.3, -0.25) is 9.59 Å². The van der Waals surface area contributed by atoms with Gasteiger partial charge in [0.25, 0.3) is 0 Å². The Balaban J connectivity index is 1.61.